The van der Waals surface area contributed by atoms with Gasteiger partial charge in [0.2, 0.25) is 0 Å². The van der Waals surface area contributed by atoms with Crippen LogP contribution in [0.3, 0.4) is 0 Å². The second-order valence-corrected chi connectivity index (χ2v) is 6.50. The minimum atomic E-state index is -0.589. The Hall–Kier alpha value is -3.86. The number of esters is 1. The molecule has 1 aliphatic rings. The van der Waals surface area contributed by atoms with Gasteiger partial charge in [0.1, 0.15) is 5.75 Å². The second kappa shape index (κ2) is 10.1. The first-order valence-electron chi connectivity index (χ1n) is 9.50. The number of para-hydroxylation sites is 3. The van der Waals surface area contributed by atoms with Crippen LogP contribution in [0.25, 0.3) is 0 Å². The topological polar surface area (TPSA) is 99.9 Å². The van der Waals surface area contributed by atoms with Gasteiger partial charge >= 0.3 is 5.97 Å². The van der Waals surface area contributed by atoms with Crippen molar-refractivity contribution >= 4 is 29.2 Å². The van der Waals surface area contributed by atoms with Gasteiger partial charge in [0.05, 0.1) is 24.6 Å². The number of carbonyl (C=O) groups is 3. The zero-order valence-electron chi connectivity index (χ0n) is 16.3. The van der Waals surface area contributed by atoms with Crippen molar-refractivity contribution in [3.63, 3.8) is 0 Å². The van der Waals surface area contributed by atoms with Crippen LogP contribution in [-0.2, 0) is 19.1 Å². The van der Waals surface area contributed by atoms with E-state index in [9.17, 15) is 14.4 Å². The summed E-state index contributed by atoms with van der Waals surface area (Å²) in [5.41, 5.74) is 1.23. The Labute approximate surface area is 174 Å². The lowest BCUT2D eigenvalue weighted by atomic mass is 10.2. The molecule has 2 aromatic carbocycles. The van der Waals surface area contributed by atoms with E-state index in [0.717, 1.165) is 0 Å². The van der Waals surface area contributed by atoms with Crippen molar-refractivity contribution in [2.75, 3.05) is 36.1 Å². The van der Waals surface area contributed by atoms with Crippen LogP contribution in [0.2, 0.25) is 0 Å². The molecule has 0 aromatic heterocycles. The van der Waals surface area contributed by atoms with Gasteiger partial charge in [-0.1, -0.05) is 30.3 Å². The van der Waals surface area contributed by atoms with Crippen LogP contribution in [0.5, 0.6) is 5.75 Å². The lowest BCUT2D eigenvalue weighted by Crippen LogP contribution is -2.40. The highest BCUT2D eigenvalue weighted by atomic mass is 16.5. The number of rotatable bonds is 8. The molecule has 0 unspecified atom stereocenters. The van der Waals surface area contributed by atoms with Crippen LogP contribution in [0.1, 0.15) is 12.8 Å². The van der Waals surface area contributed by atoms with Gasteiger partial charge < -0.3 is 19.3 Å². The first-order valence-corrected chi connectivity index (χ1v) is 9.50. The first kappa shape index (κ1) is 20.9. The van der Waals surface area contributed by atoms with Crippen LogP contribution in [0.15, 0.2) is 54.6 Å². The molecule has 0 bridgehead atoms. The SMILES string of the molecule is N#CCCN(C(=O)COC(=O)CCN1C(=O)COc2ccccc21)c1ccccc1. The fourth-order valence-electron chi connectivity index (χ4n) is 3.06. The predicted octanol–water partition coefficient (Wildman–Crippen LogP) is 2.29. The highest BCUT2D eigenvalue weighted by Gasteiger charge is 2.26. The van der Waals surface area contributed by atoms with Crippen molar-refractivity contribution in [2.45, 2.75) is 12.8 Å². The molecule has 2 amide bonds. The first-order chi connectivity index (χ1) is 14.6. The number of nitriles is 1. The molecule has 0 aliphatic carbocycles. The Morgan fingerprint density at radius 1 is 1.13 bits per heavy atom. The zero-order valence-corrected chi connectivity index (χ0v) is 16.3. The number of hydrogen-bond acceptors (Lipinski definition) is 6. The maximum atomic E-state index is 12.5. The van der Waals surface area contributed by atoms with Crippen molar-refractivity contribution in [1.29, 1.82) is 5.26 Å². The predicted molar refractivity (Wildman–Crippen MR) is 109 cm³/mol. The van der Waals surface area contributed by atoms with Crippen LogP contribution in [0.4, 0.5) is 11.4 Å². The van der Waals surface area contributed by atoms with Crippen molar-refractivity contribution in [3.05, 3.63) is 54.6 Å². The standard InChI is InChI=1S/C22H21N3O5/c23-12-6-13-24(17-7-2-1-3-8-17)20(26)16-30-22(28)11-14-25-18-9-4-5-10-19(18)29-15-21(25)27/h1-5,7-10H,6,11,13-16H2. The second-order valence-electron chi connectivity index (χ2n) is 6.50. The minimum Gasteiger partial charge on any atom is -0.482 e. The molecule has 1 aliphatic heterocycles. The third-order valence-corrected chi connectivity index (χ3v) is 4.52. The van der Waals surface area contributed by atoms with E-state index in [1.807, 2.05) is 12.1 Å². The summed E-state index contributed by atoms with van der Waals surface area (Å²) in [7, 11) is 0. The molecule has 3 rings (SSSR count). The molecule has 0 N–H and O–H groups in total. The van der Waals surface area contributed by atoms with Crippen molar-refractivity contribution in [1.82, 2.24) is 0 Å². The minimum absolute atomic E-state index is 0.0586. The smallest absolute Gasteiger partial charge is 0.308 e. The summed E-state index contributed by atoms with van der Waals surface area (Å²) in [6.07, 6.45) is 0.101. The van der Waals surface area contributed by atoms with Gasteiger partial charge in [-0.2, -0.15) is 5.26 Å². The Morgan fingerprint density at radius 3 is 2.63 bits per heavy atom. The number of amides is 2. The van der Waals surface area contributed by atoms with Gasteiger partial charge in [0, 0.05) is 18.8 Å². The number of ether oxygens (including phenoxy) is 2. The summed E-state index contributed by atoms with van der Waals surface area (Å²) in [6.45, 7) is -0.193. The summed E-state index contributed by atoms with van der Waals surface area (Å²) >= 11 is 0. The van der Waals surface area contributed by atoms with Crippen LogP contribution in [-0.4, -0.2) is 44.1 Å². The average Bonchev–Trinajstić information content (AvgIpc) is 2.78. The molecule has 2 aromatic rings. The van der Waals surface area contributed by atoms with E-state index in [4.69, 9.17) is 14.7 Å². The molecule has 8 nitrogen and oxygen atoms in total. The molecule has 0 radical (unpaired) electrons. The van der Waals surface area contributed by atoms with Gasteiger partial charge in [-0.3, -0.25) is 14.4 Å². The molecular weight excluding hydrogens is 386 g/mol. The molecule has 30 heavy (non-hydrogen) atoms. The maximum Gasteiger partial charge on any atom is 0.308 e. The van der Waals surface area contributed by atoms with Crippen LogP contribution < -0.4 is 14.5 Å². The molecule has 0 saturated heterocycles. The number of anilines is 2. The fraction of sp³-hybridized carbons (Fsp3) is 0.273. The summed E-state index contributed by atoms with van der Waals surface area (Å²) in [6, 6.07) is 18.0. The lowest BCUT2D eigenvalue weighted by molar-refractivity contribution is -0.147. The van der Waals surface area contributed by atoms with Crippen molar-refractivity contribution in [2.24, 2.45) is 0 Å². The molecule has 0 fully saturated rings. The van der Waals surface area contributed by atoms with Crippen LogP contribution in [0, 0.1) is 11.3 Å². The summed E-state index contributed by atoms with van der Waals surface area (Å²) < 4.78 is 10.5. The summed E-state index contributed by atoms with van der Waals surface area (Å²) in [5.74, 6) is -0.674. The number of benzene rings is 2. The van der Waals surface area contributed by atoms with E-state index < -0.39 is 18.5 Å². The highest BCUT2D eigenvalue weighted by Crippen LogP contribution is 2.31. The van der Waals surface area contributed by atoms with E-state index in [0.29, 0.717) is 17.1 Å². The Bertz CT molecular complexity index is 955. The molecule has 8 heteroatoms. The van der Waals surface area contributed by atoms with Gasteiger partial charge in [-0.25, -0.2) is 0 Å². The molecular formula is C22H21N3O5. The molecule has 0 spiro atoms. The van der Waals surface area contributed by atoms with Crippen molar-refractivity contribution in [3.8, 4) is 11.8 Å². The Balaban J connectivity index is 1.54. The van der Waals surface area contributed by atoms with E-state index >= 15 is 0 Å². The van der Waals surface area contributed by atoms with E-state index in [1.165, 1.54) is 9.80 Å². The normalized spacial score (nSPS) is 12.4. The third kappa shape index (κ3) is 5.14. The van der Waals surface area contributed by atoms with E-state index in [1.54, 1.807) is 48.5 Å². The number of carbonyl (C=O) groups excluding carboxylic acids is 3. The van der Waals surface area contributed by atoms with Crippen LogP contribution >= 0.6 is 0 Å². The summed E-state index contributed by atoms with van der Waals surface area (Å²) in [5, 5.41) is 8.83. The summed E-state index contributed by atoms with van der Waals surface area (Å²) in [4.78, 5) is 39.7. The zero-order chi connectivity index (χ0) is 21.3. The average molecular weight is 407 g/mol. The number of hydrogen-bond donors (Lipinski definition) is 0. The van der Waals surface area contributed by atoms with E-state index in [2.05, 4.69) is 0 Å². The van der Waals surface area contributed by atoms with Gasteiger partial charge in [-0.15, -0.1) is 0 Å². The molecule has 1 heterocycles. The highest BCUT2D eigenvalue weighted by molar-refractivity contribution is 5.98. The van der Waals surface area contributed by atoms with Gasteiger partial charge in [0.15, 0.2) is 13.2 Å². The molecule has 0 saturated carbocycles. The van der Waals surface area contributed by atoms with Gasteiger partial charge in [-0.05, 0) is 24.3 Å². The maximum absolute atomic E-state index is 12.5. The van der Waals surface area contributed by atoms with Crippen molar-refractivity contribution < 1.29 is 23.9 Å². The number of nitrogens with zero attached hydrogens (tertiary/aromatic N) is 3. The Kier molecular flexibility index (Phi) is 7.00. The van der Waals surface area contributed by atoms with Gasteiger partial charge in [0.25, 0.3) is 11.8 Å². The monoisotopic (exact) mass is 407 g/mol. The fourth-order valence-corrected chi connectivity index (χ4v) is 3.06. The quantitative estimate of drug-likeness (QED) is 0.623. The third-order valence-electron chi connectivity index (χ3n) is 4.52. The largest absolute Gasteiger partial charge is 0.482 e. The number of fused-ring (bicyclic) bond motifs is 1. The molecule has 0 atom stereocenters. The Morgan fingerprint density at radius 2 is 1.87 bits per heavy atom. The molecule has 154 valence electrons. The van der Waals surface area contributed by atoms with E-state index in [-0.39, 0.29) is 38.4 Å². The lowest BCUT2D eigenvalue weighted by Gasteiger charge is -2.29.